The molecule has 2 aliphatic rings. The Hall–Kier alpha value is -2.41. The molecule has 1 aliphatic carbocycles. The van der Waals surface area contributed by atoms with E-state index in [9.17, 15) is 0 Å². The molecule has 0 spiro atoms. The summed E-state index contributed by atoms with van der Waals surface area (Å²) in [5.41, 5.74) is 7.93. The van der Waals surface area contributed by atoms with Crippen molar-refractivity contribution in [1.29, 1.82) is 5.41 Å². The Morgan fingerprint density at radius 1 is 1.13 bits per heavy atom. The zero-order valence-corrected chi connectivity index (χ0v) is 17.7. The van der Waals surface area contributed by atoms with Crippen LogP contribution in [0.4, 0.5) is 0 Å². The van der Waals surface area contributed by atoms with Gasteiger partial charge >= 0.3 is 0 Å². The molecule has 30 heavy (non-hydrogen) atoms. The topological polar surface area (TPSA) is 101 Å². The number of hydrogen-bond acceptors (Lipinski definition) is 5. The van der Waals surface area contributed by atoms with Crippen LogP contribution in [0.3, 0.4) is 0 Å². The molecule has 3 N–H and O–H groups in total. The van der Waals surface area contributed by atoms with Gasteiger partial charge in [-0.3, -0.25) is 5.41 Å². The first-order chi connectivity index (χ1) is 14.7. The fourth-order valence-electron chi connectivity index (χ4n) is 4.60. The number of rotatable bonds is 8. The Bertz CT molecular complexity index is 813. The average Bonchev–Trinajstić information content (AvgIpc) is 3.43. The van der Waals surface area contributed by atoms with Crippen molar-refractivity contribution >= 4 is 5.96 Å². The van der Waals surface area contributed by atoms with E-state index in [4.69, 9.17) is 20.4 Å². The van der Waals surface area contributed by atoms with Crippen molar-refractivity contribution in [2.75, 3.05) is 13.2 Å². The van der Waals surface area contributed by atoms with Crippen molar-refractivity contribution < 1.29 is 9.26 Å². The molecule has 2 fully saturated rings. The number of nitrogens with one attached hydrogen (secondary N) is 1. The van der Waals surface area contributed by atoms with Gasteiger partial charge in [-0.1, -0.05) is 48.7 Å². The second kappa shape index (κ2) is 10.1. The number of ether oxygens (including phenoxy) is 1. The van der Waals surface area contributed by atoms with Crippen molar-refractivity contribution in [3.05, 3.63) is 35.7 Å². The summed E-state index contributed by atoms with van der Waals surface area (Å²) in [6, 6.07) is 8.57. The highest BCUT2D eigenvalue weighted by atomic mass is 16.5. The zero-order valence-electron chi connectivity index (χ0n) is 17.7. The average molecular weight is 412 g/mol. The number of nitrogens with two attached hydrogens (primary N) is 1. The molecule has 2 heterocycles. The van der Waals surface area contributed by atoms with Gasteiger partial charge in [-0.25, -0.2) is 0 Å². The van der Waals surface area contributed by atoms with E-state index >= 15 is 0 Å². The predicted octanol–water partition coefficient (Wildman–Crippen LogP) is 3.92. The van der Waals surface area contributed by atoms with Crippen LogP contribution >= 0.6 is 0 Å². The van der Waals surface area contributed by atoms with E-state index in [0.29, 0.717) is 24.2 Å². The first-order valence-corrected chi connectivity index (χ1v) is 11.3. The van der Waals surface area contributed by atoms with E-state index in [0.717, 1.165) is 44.4 Å². The van der Waals surface area contributed by atoms with Crippen LogP contribution in [-0.4, -0.2) is 46.3 Å². The molecule has 1 unspecified atom stereocenters. The Balaban J connectivity index is 1.25. The second-order valence-electron chi connectivity index (χ2n) is 8.52. The van der Waals surface area contributed by atoms with Crippen molar-refractivity contribution in [1.82, 2.24) is 15.0 Å². The highest BCUT2D eigenvalue weighted by Gasteiger charge is 2.27. The Kier molecular flexibility index (Phi) is 7.00. The number of benzene rings is 1. The van der Waals surface area contributed by atoms with Crippen LogP contribution in [0.1, 0.15) is 62.8 Å². The summed E-state index contributed by atoms with van der Waals surface area (Å²) in [7, 11) is 0. The van der Waals surface area contributed by atoms with Gasteiger partial charge in [0.15, 0.2) is 5.96 Å². The fourth-order valence-corrected chi connectivity index (χ4v) is 4.60. The van der Waals surface area contributed by atoms with Crippen molar-refractivity contribution in [2.24, 2.45) is 5.73 Å². The predicted molar refractivity (Wildman–Crippen MR) is 116 cm³/mol. The first kappa shape index (κ1) is 20.8. The number of hydrogen-bond donors (Lipinski definition) is 2. The summed E-state index contributed by atoms with van der Waals surface area (Å²) in [6.45, 7) is 1.67. The third kappa shape index (κ3) is 5.39. The van der Waals surface area contributed by atoms with E-state index in [1.807, 2.05) is 4.90 Å². The quantitative estimate of drug-likeness (QED) is 0.388. The first-order valence-electron chi connectivity index (χ1n) is 11.3. The lowest BCUT2D eigenvalue weighted by Gasteiger charge is -2.23. The summed E-state index contributed by atoms with van der Waals surface area (Å²) in [4.78, 5) is 6.47. The van der Waals surface area contributed by atoms with Gasteiger partial charge in [-0.2, -0.15) is 4.98 Å². The van der Waals surface area contributed by atoms with E-state index in [1.54, 1.807) is 0 Å². The summed E-state index contributed by atoms with van der Waals surface area (Å²) < 4.78 is 11.5. The molecule has 1 saturated carbocycles. The number of aryl methyl sites for hydroxylation is 1. The van der Waals surface area contributed by atoms with E-state index < -0.39 is 0 Å². The highest BCUT2D eigenvalue weighted by Crippen LogP contribution is 2.23. The SMILES string of the molecule is N=C(N)N1CCCC1Cc1nc(-c2ccc(CCCOC3CCCCC3)cc2)no1. The molecule has 1 atom stereocenters. The van der Waals surface area contributed by atoms with Crippen molar-refractivity contribution in [3.8, 4) is 11.4 Å². The molecule has 1 aromatic carbocycles. The van der Waals surface area contributed by atoms with Crippen LogP contribution in [0.2, 0.25) is 0 Å². The van der Waals surface area contributed by atoms with Gasteiger partial charge < -0.3 is 19.9 Å². The van der Waals surface area contributed by atoms with Gasteiger partial charge in [0.2, 0.25) is 11.7 Å². The van der Waals surface area contributed by atoms with E-state index in [1.165, 1.54) is 37.7 Å². The maximum atomic E-state index is 7.69. The molecule has 7 nitrogen and oxygen atoms in total. The highest BCUT2D eigenvalue weighted by molar-refractivity contribution is 5.75. The van der Waals surface area contributed by atoms with Crippen LogP contribution in [0.15, 0.2) is 28.8 Å². The molecule has 1 aromatic heterocycles. The van der Waals surface area contributed by atoms with Gasteiger partial charge in [-0.05, 0) is 44.1 Å². The minimum absolute atomic E-state index is 0.122. The van der Waals surface area contributed by atoms with Crippen molar-refractivity contribution in [2.45, 2.75) is 76.4 Å². The van der Waals surface area contributed by atoms with Gasteiger partial charge in [0.05, 0.1) is 6.10 Å². The monoisotopic (exact) mass is 411 g/mol. The van der Waals surface area contributed by atoms with Gasteiger partial charge in [0, 0.05) is 31.2 Å². The molecule has 0 amide bonds. The van der Waals surface area contributed by atoms with Crippen molar-refractivity contribution in [3.63, 3.8) is 0 Å². The van der Waals surface area contributed by atoms with Crippen LogP contribution in [-0.2, 0) is 17.6 Å². The van der Waals surface area contributed by atoms with Gasteiger partial charge in [0.1, 0.15) is 0 Å². The minimum atomic E-state index is 0.122. The summed E-state index contributed by atoms with van der Waals surface area (Å²) >= 11 is 0. The lowest BCUT2D eigenvalue weighted by atomic mass is 9.98. The smallest absolute Gasteiger partial charge is 0.229 e. The van der Waals surface area contributed by atoms with Gasteiger partial charge in [0.25, 0.3) is 0 Å². The fraction of sp³-hybridized carbons (Fsp3) is 0.609. The zero-order chi connectivity index (χ0) is 20.8. The molecule has 7 heteroatoms. The lowest BCUT2D eigenvalue weighted by Crippen LogP contribution is -2.41. The van der Waals surface area contributed by atoms with E-state index in [2.05, 4.69) is 34.4 Å². The molecule has 0 bridgehead atoms. The Morgan fingerprint density at radius 3 is 2.70 bits per heavy atom. The molecule has 162 valence electrons. The van der Waals surface area contributed by atoms with Gasteiger partial charge in [-0.15, -0.1) is 0 Å². The standard InChI is InChI=1S/C23H33N5O2/c24-23(25)28-14-4-7-19(28)16-21-26-22(27-30-21)18-12-10-17(11-13-18)6-5-15-29-20-8-2-1-3-9-20/h10-13,19-20H,1-9,14-16H2,(H3,24,25). The molecule has 1 saturated heterocycles. The molecule has 0 radical (unpaired) electrons. The van der Waals surface area contributed by atoms with Crippen LogP contribution in [0, 0.1) is 5.41 Å². The summed E-state index contributed by atoms with van der Waals surface area (Å²) in [5, 5.41) is 11.8. The Labute approximate surface area is 178 Å². The molecule has 4 rings (SSSR count). The summed E-state index contributed by atoms with van der Waals surface area (Å²) in [6.07, 6.45) is 11.7. The lowest BCUT2D eigenvalue weighted by molar-refractivity contribution is 0.0273. The maximum absolute atomic E-state index is 7.69. The number of guanidine groups is 1. The maximum Gasteiger partial charge on any atom is 0.229 e. The normalized spacial score (nSPS) is 20.0. The minimum Gasteiger partial charge on any atom is -0.378 e. The molecular formula is C23H33N5O2. The number of likely N-dealkylation sites (tertiary alicyclic amines) is 1. The number of aromatic nitrogens is 2. The largest absolute Gasteiger partial charge is 0.378 e. The van der Waals surface area contributed by atoms with E-state index in [-0.39, 0.29) is 12.0 Å². The molecule has 2 aromatic rings. The van der Waals surface area contributed by atoms with Crippen LogP contribution < -0.4 is 5.73 Å². The van der Waals surface area contributed by atoms with Crippen LogP contribution in [0.5, 0.6) is 0 Å². The molecule has 1 aliphatic heterocycles. The Morgan fingerprint density at radius 2 is 1.93 bits per heavy atom. The third-order valence-corrected chi connectivity index (χ3v) is 6.29. The second-order valence-corrected chi connectivity index (χ2v) is 8.52. The van der Waals surface area contributed by atoms with Crippen LogP contribution in [0.25, 0.3) is 11.4 Å². The summed E-state index contributed by atoms with van der Waals surface area (Å²) in [5.74, 6) is 1.34. The number of nitrogens with zero attached hydrogens (tertiary/aromatic N) is 3. The third-order valence-electron chi connectivity index (χ3n) is 6.29. The molecular weight excluding hydrogens is 378 g/mol.